The van der Waals surface area contributed by atoms with Crippen molar-refractivity contribution in [1.29, 1.82) is 0 Å². The summed E-state index contributed by atoms with van der Waals surface area (Å²) in [6.45, 7) is 2.04. The number of nitrogens with one attached hydrogen (secondary N) is 1. The topological polar surface area (TPSA) is 46.4 Å². The number of hydrogen-bond donors (Lipinski definition) is 1. The molecule has 4 rings (SSSR count). The van der Waals surface area contributed by atoms with Gasteiger partial charge >= 0.3 is 0 Å². The van der Waals surface area contributed by atoms with Gasteiger partial charge in [-0.15, -0.1) is 0 Å². The van der Waals surface area contributed by atoms with Crippen molar-refractivity contribution in [1.82, 2.24) is 9.38 Å². The zero-order valence-electron chi connectivity index (χ0n) is 14.1. The average molecular weight is 406 g/mol. The highest BCUT2D eigenvalue weighted by atomic mass is 79.9. The number of pyridine rings is 1. The Bertz CT molecular complexity index is 1120. The Labute approximate surface area is 159 Å². The Morgan fingerprint density at radius 3 is 2.73 bits per heavy atom. The molecule has 0 radical (unpaired) electrons. The van der Waals surface area contributed by atoms with Gasteiger partial charge in [0, 0.05) is 33.7 Å². The van der Waals surface area contributed by atoms with Crippen LogP contribution in [0.3, 0.4) is 0 Å². The van der Waals surface area contributed by atoms with E-state index in [2.05, 4.69) is 21.2 Å². The van der Waals surface area contributed by atoms with E-state index >= 15 is 0 Å². The summed E-state index contributed by atoms with van der Waals surface area (Å²) in [5.74, 6) is -0.144. The summed E-state index contributed by atoms with van der Waals surface area (Å²) < 4.78 is 2.89. The van der Waals surface area contributed by atoms with Gasteiger partial charge in [-0.3, -0.25) is 4.79 Å². The minimum Gasteiger partial charge on any atom is -0.322 e. The lowest BCUT2D eigenvalue weighted by Crippen LogP contribution is -2.11. The molecule has 0 saturated carbocycles. The van der Waals surface area contributed by atoms with E-state index in [9.17, 15) is 4.79 Å². The molecular formula is C21H16BrN3O. The van der Waals surface area contributed by atoms with E-state index in [1.165, 1.54) is 0 Å². The van der Waals surface area contributed by atoms with Gasteiger partial charge in [0.15, 0.2) is 0 Å². The first-order valence-electron chi connectivity index (χ1n) is 8.22. The molecule has 0 spiro atoms. The standard InChI is InChI=1S/C21H16BrN3O/c1-14-5-4-10-25-13-19(24-20(14)25)15-6-3-9-18(12-15)23-21(26)16-7-2-8-17(22)11-16/h2-13H,1H3,(H,23,26). The van der Waals surface area contributed by atoms with Crippen LogP contribution < -0.4 is 5.32 Å². The predicted molar refractivity (Wildman–Crippen MR) is 107 cm³/mol. The molecule has 0 unspecified atom stereocenters. The molecule has 1 amide bonds. The maximum atomic E-state index is 12.4. The van der Waals surface area contributed by atoms with Crippen LogP contribution in [0.5, 0.6) is 0 Å². The SMILES string of the molecule is Cc1cccn2cc(-c3cccc(NC(=O)c4cccc(Br)c4)c3)nc12. The third-order valence-electron chi connectivity index (χ3n) is 4.18. The van der Waals surface area contributed by atoms with E-state index in [-0.39, 0.29) is 5.91 Å². The molecule has 26 heavy (non-hydrogen) atoms. The number of benzene rings is 2. The van der Waals surface area contributed by atoms with Crippen molar-refractivity contribution < 1.29 is 4.79 Å². The molecule has 0 aliphatic carbocycles. The van der Waals surface area contributed by atoms with Crippen LogP contribution in [-0.4, -0.2) is 15.3 Å². The zero-order valence-corrected chi connectivity index (χ0v) is 15.7. The van der Waals surface area contributed by atoms with Crippen LogP contribution >= 0.6 is 15.9 Å². The number of aryl methyl sites for hydroxylation is 1. The number of imidazole rings is 1. The molecular weight excluding hydrogens is 390 g/mol. The lowest BCUT2D eigenvalue weighted by atomic mass is 10.1. The summed E-state index contributed by atoms with van der Waals surface area (Å²) in [5, 5.41) is 2.95. The van der Waals surface area contributed by atoms with Crippen molar-refractivity contribution in [2.75, 3.05) is 5.32 Å². The summed E-state index contributed by atoms with van der Waals surface area (Å²) in [6, 6.07) is 19.1. The van der Waals surface area contributed by atoms with Crippen molar-refractivity contribution in [2.24, 2.45) is 0 Å². The molecule has 128 valence electrons. The molecule has 0 aliphatic heterocycles. The van der Waals surface area contributed by atoms with Gasteiger partial charge in [-0.1, -0.05) is 40.2 Å². The number of nitrogens with zero attached hydrogens (tertiary/aromatic N) is 2. The van der Waals surface area contributed by atoms with E-state index in [0.29, 0.717) is 5.56 Å². The van der Waals surface area contributed by atoms with E-state index in [1.807, 2.05) is 72.2 Å². The molecule has 4 nitrogen and oxygen atoms in total. The van der Waals surface area contributed by atoms with Gasteiger partial charge in [0.1, 0.15) is 5.65 Å². The minimum atomic E-state index is -0.144. The van der Waals surface area contributed by atoms with E-state index < -0.39 is 0 Å². The van der Waals surface area contributed by atoms with Crippen molar-refractivity contribution in [3.8, 4) is 11.3 Å². The Hall–Kier alpha value is -2.92. The molecule has 1 N–H and O–H groups in total. The highest BCUT2D eigenvalue weighted by molar-refractivity contribution is 9.10. The largest absolute Gasteiger partial charge is 0.322 e. The summed E-state index contributed by atoms with van der Waals surface area (Å²) >= 11 is 3.39. The fraction of sp³-hybridized carbons (Fsp3) is 0.0476. The van der Waals surface area contributed by atoms with Crippen molar-refractivity contribution in [2.45, 2.75) is 6.92 Å². The molecule has 0 saturated heterocycles. The Morgan fingerprint density at radius 2 is 1.92 bits per heavy atom. The van der Waals surface area contributed by atoms with Crippen LogP contribution in [0, 0.1) is 6.92 Å². The smallest absolute Gasteiger partial charge is 0.255 e. The molecule has 2 aromatic carbocycles. The monoisotopic (exact) mass is 405 g/mol. The van der Waals surface area contributed by atoms with Gasteiger partial charge in [0.05, 0.1) is 5.69 Å². The second-order valence-electron chi connectivity index (χ2n) is 6.09. The van der Waals surface area contributed by atoms with Crippen LogP contribution in [-0.2, 0) is 0 Å². The number of rotatable bonds is 3. The highest BCUT2D eigenvalue weighted by Crippen LogP contribution is 2.24. The maximum absolute atomic E-state index is 12.4. The Kier molecular flexibility index (Phi) is 4.31. The van der Waals surface area contributed by atoms with E-state index in [0.717, 1.165) is 32.6 Å². The van der Waals surface area contributed by atoms with E-state index in [4.69, 9.17) is 4.98 Å². The highest BCUT2D eigenvalue weighted by Gasteiger charge is 2.09. The lowest BCUT2D eigenvalue weighted by Gasteiger charge is -2.07. The number of anilines is 1. The number of carbonyl (C=O) groups excluding carboxylic acids is 1. The van der Waals surface area contributed by atoms with Gasteiger partial charge in [-0.05, 0) is 48.9 Å². The van der Waals surface area contributed by atoms with Crippen molar-refractivity contribution in [3.63, 3.8) is 0 Å². The Morgan fingerprint density at radius 1 is 1.08 bits per heavy atom. The summed E-state index contributed by atoms with van der Waals surface area (Å²) in [4.78, 5) is 17.2. The first-order chi connectivity index (χ1) is 12.6. The zero-order chi connectivity index (χ0) is 18.1. The van der Waals surface area contributed by atoms with Gasteiger partial charge in [0.25, 0.3) is 5.91 Å². The number of amides is 1. The van der Waals surface area contributed by atoms with Crippen molar-refractivity contribution in [3.05, 3.63) is 88.7 Å². The molecule has 5 heteroatoms. The number of hydrogen-bond acceptors (Lipinski definition) is 2. The van der Waals surface area contributed by atoms with Gasteiger partial charge in [-0.25, -0.2) is 4.98 Å². The minimum absolute atomic E-state index is 0.144. The van der Waals surface area contributed by atoms with Crippen LogP contribution in [0.25, 0.3) is 16.9 Å². The first kappa shape index (κ1) is 16.5. The molecule has 0 aliphatic rings. The third-order valence-corrected chi connectivity index (χ3v) is 4.67. The van der Waals surface area contributed by atoms with Crippen LogP contribution in [0.4, 0.5) is 5.69 Å². The lowest BCUT2D eigenvalue weighted by molar-refractivity contribution is 0.102. The molecule has 4 aromatic rings. The fourth-order valence-electron chi connectivity index (χ4n) is 2.88. The normalized spacial score (nSPS) is 10.8. The molecule has 2 heterocycles. The van der Waals surface area contributed by atoms with Crippen molar-refractivity contribution >= 4 is 33.2 Å². The predicted octanol–water partition coefficient (Wildman–Crippen LogP) is 5.32. The second-order valence-corrected chi connectivity index (χ2v) is 7.01. The fourth-order valence-corrected chi connectivity index (χ4v) is 3.28. The summed E-state index contributed by atoms with van der Waals surface area (Å²) in [5.41, 5.74) is 5.23. The van der Waals surface area contributed by atoms with Gasteiger partial charge in [-0.2, -0.15) is 0 Å². The second kappa shape index (κ2) is 6.77. The molecule has 0 fully saturated rings. The van der Waals surface area contributed by atoms with Crippen LogP contribution in [0.1, 0.15) is 15.9 Å². The number of halogens is 1. The first-order valence-corrected chi connectivity index (χ1v) is 9.01. The maximum Gasteiger partial charge on any atom is 0.255 e. The van der Waals surface area contributed by atoms with E-state index in [1.54, 1.807) is 12.1 Å². The van der Waals surface area contributed by atoms with Crippen LogP contribution in [0.2, 0.25) is 0 Å². The molecule has 2 aromatic heterocycles. The number of carbonyl (C=O) groups is 1. The van der Waals surface area contributed by atoms with Gasteiger partial charge < -0.3 is 9.72 Å². The van der Waals surface area contributed by atoms with Crippen LogP contribution in [0.15, 0.2) is 77.5 Å². The van der Waals surface area contributed by atoms with Gasteiger partial charge in [0.2, 0.25) is 0 Å². The molecule has 0 atom stereocenters. The average Bonchev–Trinajstić information content (AvgIpc) is 3.08. The summed E-state index contributed by atoms with van der Waals surface area (Å²) in [6.07, 6.45) is 3.98. The quantitative estimate of drug-likeness (QED) is 0.500. The summed E-state index contributed by atoms with van der Waals surface area (Å²) in [7, 11) is 0. The number of fused-ring (bicyclic) bond motifs is 1. The molecule has 0 bridgehead atoms. The Balaban J connectivity index is 1.64. The number of aromatic nitrogens is 2. The third kappa shape index (κ3) is 3.26.